The normalized spacial score (nSPS) is 15.8. The Morgan fingerprint density at radius 3 is 2.94 bits per heavy atom. The average molecular weight is 242 g/mol. The van der Waals surface area contributed by atoms with E-state index in [-0.39, 0.29) is 5.91 Å². The number of aromatic nitrogens is 2. The molecule has 1 saturated carbocycles. The Bertz CT molecular complexity index is 335. The van der Waals surface area contributed by atoms with Crippen LogP contribution in [0.3, 0.4) is 0 Å². The summed E-state index contributed by atoms with van der Waals surface area (Å²) in [5, 5.41) is 6.53. The maximum atomic E-state index is 12.2. The van der Waals surface area contributed by atoms with E-state index in [0.29, 0.717) is 17.6 Å². The van der Waals surface area contributed by atoms with Crippen LogP contribution in [0.25, 0.3) is 0 Å². The quantitative estimate of drug-likeness (QED) is 0.802. The van der Waals surface area contributed by atoms with Gasteiger partial charge in [0.15, 0.2) is 0 Å². The molecule has 4 nitrogen and oxygen atoms in total. The zero-order chi connectivity index (χ0) is 11.4. The first-order chi connectivity index (χ1) is 7.83. The molecule has 88 valence electrons. The van der Waals surface area contributed by atoms with Gasteiger partial charge < -0.3 is 4.90 Å². The SMILES string of the molecule is O=C(c1ccn[nH]1)N(CCCCl)C1CCC1. The predicted molar refractivity (Wildman–Crippen MR) is 62.6 cm³/mol. The standard InChI is InChI=1S/C11H16ClN3O/c12-6-2-8-15(9-3-1-4-9)11(16)10-5-7-13-14-10/h5,7,9H,1-4,6,8H2,(H,13,14). The van der Waals surface area contributed by atoms with E-state index in [1.807, 2.05) is 4.90 Å². The maximum Gasteiger partial charge on any atom is 0.272 e. The number of alkyl halides is 1. The lowest BCUT2D eigenvalue weighted by Crippen LogP contribution is -2.45. The van der Waals surface area contributed by atoms with Gasteiger partial charge in [-0.25, -0.2) is 0 Å². The number of aromatic amines is 1. The first-order valence-corrected chi connectivity index (χ1v) is 6.22. The van der Waals surface area contributed by atoms with Gasteiger partial charge in [0.2, 0.25) is 0 Å². The highest BCUT2D eigenvalue weighted by molar-refractivity contribution is 6.17. The molecule has 0 aromatic carbocycles. The Kier molecular flexibility index (Phi) is 3.83. The number of carbonyl (C=O) groups is 1. The van der Waals surface area contributed by atoms with Gasteiger partial charge in [0.1, 0.15) is 5.69 Å². The number of rotatable bonds is 5. The van der Waals surface area contributed by atoms with Crippen LogP contribution in [-0.2, 0) is 0 Å². The highest BCUT2D eigenvalue weighted by atomic mass is 35.5. The van der Waals surface area contributed by atoms with Crippen molar-refractivity contribution >= 4 is 17.5 Å². The molecule has 2 rings (SSSR count). The lowest BCUT2D eigenvalue weighted by molar-refractivity contribution is 0.0574. The number of nitrogens with one attached hydrogen (secondary N) is 1. The molecular weight excluding hydrogens is 226 g/mol. The Morgan fingerprint density at radius 2 is 2.44 bits per heavy atom. The molecule has 1 heterocycles. The number of nitrogens with zero attached hydrogens (tertiary/aromatic N) is 2. The fourth-order valence-electron chi connectivity index (χ4n) is 1.91. The van der Waals surface area contributed by atoms with E-state index >= 15 is 0 Å². The first kappa shape index (κ1) is 11.5. The van der Waals surface area contributed by atoms with Crippen LogP contribution in [0.15, 0.2) is 12.3 Å². The molecule has 0 atom stereocenters. The van der Waals surface area contributed by atoms with Crippen LogP contribution in [-0.4, -0.2) is 39.5 Å². The van der Waals surface area contributed by atoms with E-state index in [0.717, 1.165) is 25.8 Å². The van der Waals surface area contributed by atoms with E-state index in [2.05, 4.69) is 10.2 Å². The van der Waals surface area contributed by atoms with E-state index < -0.39 is 0 Å². The zero-order valence-corrected chi connectivity index (χ0v) is 9.91. The summed E-state index contributed by atoms with van der Waals surface area (Å²) < 4.78 is 0. The summed E-state index contributed by atoms with van der Waals surface area (Å²) in [6, 6.07) is 2.12. The number of H-pyrrole nitrogens is 1. The number of carbonyl (C=O) groups excluding carboxylic acids is 1. The van der Waals surface area contributed by atoms with Crippen LogP contribution < -0.4 is 0 Å². The molecule has 1 N–H and O–H groups in total. The highest BCUT2D eigenvalue weighted by Crippen LogP contribution is 2.26. The lowest BCUT2D eigenvalue weighted by atomic mass is 9.91. The third kappa shape index (κ3) is 2.38. The molecule has 0 bridgehead atoms. The zero-order valence-electron chi connectivity index (χ0n) is 9.16. The molecule has 0 saturated heterocycles. The molecule has 1 aromatic heterocycles. The van der Waals surface area contributed by atoms with Crippen LogP contribution in [0.4, 0.5) is 0 Å². The van der Waals surface area contributed by atoms with Crippen molar-refractivity contribution in [3.63, 3.8) is 0 Å². The number of amides is 1. The van der Waals surface area contributed by atoms with Crippen LogP contribution in [0.2, 0.25) is 0 Å². The van der Waals surface area contributed by atoms with Crippen LogP contribution in [0, 0.1) is 0 Å². The van der Waals surface area contributed by atoms with Crippen molar-refractivity contribution in [3.8, 4) is 0 Å². The summed E-state index contributed by atoms with van der Waals surface area (Å²) in [6.45, 7) is 0.742. The van der Waals surface area contributed by atoms with Gasteiger partial charge in [-0.3, -0.25) is 9.89 Å². The van der Waals surface area contributed by atoms with E-state index in [4.69, 9.17) is 11.6 Å². The van der Waals surface area contributed by atoms with Gasteiger partial charge in [0, 0.05) is 24.7 Å². The molecule has 0 spiro atoms. The van der Waals surface area contributed by atoms with Crippen molar-refractivity contribution in [1.29, 1.82) is 0 Å². The van der Waals surface area contributed by atoms with Gasteiger partial charge in [0.25, 0.3) is 5.91 Å². The van der Waals surface area contributed by atoms with Crippen LogP contribution in [0.5, 0.6) is 0 Å². The fourth-order valence-corrected chi connectivity index (χ4v) is 2.03. The van der Waals surface area contributed by atoms with Crippen molar-refractivity contribution < 1.29 is 4.79 Å². The van der Waals surface area contributed by atoms with Gasteiger partial charge >= 0.3 is 0 Å². The summed E-state index contributed by atoms with van der Waals surface area (Å²) in [6.07, 6.45) is 5.90. The minimum atomic E-state index is 0.0484. The molecule has 1 aliphatic carbocycles. The minimum absolute atomic E-state index is 0.0484. The molecule has 16 heavy (non-hydrogen) atoms. The summed E-state index contributed by atoms with van der Waals surface area (Å²) in [4.78, 5) is 14.1. The van der Waals surface area contributed by atoms with Crippen LogP contribution in [0.1, 0.15) is 36.2 Å². The second-order valence-electron chi connectivity index (χ2n) is 4.10. The summed E-state index contributed by atoms with van der Waals surface area (Å²) in [5.41, 5.74) is 0.571. The van der Waals surface area contributed by atoms with Crippen LogP contribution >= 0.6 is 11.6 Å². The minimum Gasteiger partial charge on any atom is -0.334 e. The Hall–Kier alpha value is -1.03. The number of halogens is 1. The molecule has 0 unspecified atom stereocenters. The summed E-state index contributed by atoms with van der Waals surface area (Å²) in [5.74, 6) is 0.645. The Balaban J connectivity index is 2.02. The van der Waals surface area contributed by atoms with Crippen molar-refractivity contribution in [1.82, 2.24) is 15.1 Å². The fraction of sp³-hybridized carbons (Fsp3) is 0.636. The van der Waals surface area contributed by atoms with Gasteiger partial charge in [-0.15, -0.1) is 11.6 Å². The second kappa shape index (κ2) is 5.34. The number of hydrogen-bond donors (Lipinski definition) is 1. The van der Waals surface area contributed by atoms with Gasteiger partial charge in [-0.05, 0) is 31.7 Å². The maximum absolute atomic E-state index is 12.2. The molecule has 0 radical (unpaired) electrons. The topological polar surface area (TPSA) is 49.0 Å². The largest absolute Gasteiger partial charge is 0.334 e. The van der Waals surface area contributed by atoms with E-state index in [1.165, 1.54) is 6.42 Å². The van der Waals surface area contributed by atoms with Crippen molar-refractivity contribution in [3.05, 3.63) is 18.0 Å². The average Bonchev–Trinajstić information content (AvgIpc) is 2.73. The molecule has 1 amide bonds. The van der Waals surface area contributed by atoms with E-state index in [1.54, 1.807) is 12.3 Å². The highest BCUT2D eigenvalue weighted by Gasteiger charge is 2.29. The molecule has 1 aromatic rings. The molecule has 1 fully saturated rings. The second-order valence-corrected chi connectivity index (χ2v) is 4.47. The van der Waals surface area contributed by atoms with E-state index in [9.17, 15) is 4.79 Å². The predicted octanol–water partition coefficient (Wildman–Crippen LogP) is 2.03. The lowest BCUT2D eigenvalue weighted by Gasteiger charge is -2.37. The third-order valence-corrected chi connectivity index (χ3v) is 3.31. The molecule has 5 heteroatoms. The van der Waals surface area contributed by atoms with Crippen molar-refractivity contribution in [2.75, 3.05) is 12.4 Å². The van der Waals surface area contributed by atoms with Crippen molar-refractivity contribution in [2.45, 2.75) is 31.7 Å². The molecule has 0 aliphatic heterocycles. The molecule has 1 aliphatic rings. The number of hydrogen-bond acceptors (Lipinski definition) is 2. The van der Waals surface area contributed by atoms with Crippen molar-refractivity contribution in [2.24, 2.45) is 0 Å². The smallest absolute Gasteiger partial charge is 0.272 e. The first-order valence-electron chi connectivity index (χ1n) is 5.69. The van der Waals surface area contributed by atoms with Gasteiger partial charge in [0.05, 0.1) is 0 Å². The molecular formula is C11H16ClN3O. The van der Waals surface area contributed by atoms with Gasteiger partial charge in [-0.1, -0.05) is 0 Å². The van der Waals surface area contributed by atoms with Gasteiger partial charge in [-0.2, -0.15) is 5.10 Å². The Labute approximate surface area is 100.0 Å². The Morgan fingerprint density at radius 1 is 1.62 bits per heavy atom. The third-order valence-electron chi connectivity index (χ3n) is 3.04. The monoisotopic (exact) mass is 241 g/mol. The summed E-state index contributed by atoms with van der Waals surface area (Å²) >= 11 is 5.68. The summed E-state index contributed by atoms with van der Waals surface area (Å²) in [7, 11) is 0.